The molecule has 3 heteroatoms. The first-order chi connectivity index (χ1) is 8.16. The summed E-state index contributed by atoms with van der Waals surface area (Å²) in [6.45, 7) is 2.16. The Bertz CT molecular complexity index is 261. The molecule has 0 heterocycles. The van der Waals surface area contributed by atoms with Gasteiger partial charge in [-0.05, 0) is 44.4 Å². The van der Waals surface area contributed by atoms with Crippen molar-refractivity contribution in [1.82, 2.24) is 5.32 Å². The highest BCUT2D eigenvalue weighted by Crippen LogP contribution is 2.29. The molecule has 1 unspecified atom stereocenters. The number of hydrogen-bond acceptors (Lipinski definition) is 2. The van der Waals surface area contributed by atoms with Gasteiger partial charge in [-0.15, -0.1) is 0 Å². The number of amides is 1. The number of carbonyl (C=O) groups excluding carboxylic acids is 1. The van der Waals surface area contributed by atoms with Gasteiger partial charge in [0.05, 0.1) is 0 Å². The molecule has 3 nitrogen and oxygen atoms in total. The molecule has 2 fully saturated rings. The Morgan fingerprint density at radius 1 is 1.24 bits per heavy atom. The molecule has 1 amide bonds. The van der Waals surface area contributed by atoms with Gasteiger partial charge in [-0.3, -0.25) is 4.79 Å². The third-order valence-corrected chi connectivity index (χ3v) is 4.66. The monoisotopic (exact) mass is 238 g/mol. The molecule has 0 radical (unpaired) electrons. The van der Waals surface area contributed by atoms with Crippen LogP contribution < -0.4 is 11.1 Å². The van der Waals surface area contributed by atoms with Gasteiger partial charge in [0.15, 0.2) is 0 Å². The quantitative estimate of drug-likeness (QED) is 0.789. The van der Waals surface area contributed by atoms with Gasteiger partial charge in [0, 0.05) is 18.5 Å². The molecule has 3 N–H and O–H groups in total. The van der Waals surface area contributed by atoms with Crippen LogP contribution in [-0.2, 0) is 4.79 Å². The van der Waals surface area contributed by atoms with E-state index < -0.39 is 0 Å². The predicted octanol–water partition coefficient (Wildman–Crippen LogP) is 2.20. The molecule has 2 saturated carbocycles. The van der Waals surface area contributed by atoms with Crippen LogP contribution in [-0.4, -0.2) is 18.0 Å². The maximum absolute atomic E-state index is 11.9. The van der Waals surface area contributed by atoms with E-state index in [2.05, 4.69) is 12.2 Å². The Labute approximate surface area is 105 Å². The molecule has 0 aromatic heterocycles. The normalized spacial score (nSPS) is 31.6. The third kappa shape index (κ3) is 3.44. The van der Waals surface area contributed by atoms with Gasteiger partial charge >= 0.3 is 0 Å². The van der Waals surface area contributed by atoms with Crippen molar-refractivity contribution in [2.45, 2.75) is 70.4 Å². The summed E-state index contributed by atoms with van der Waals surface area (Å²) < 4.78 is 0. The number of nitrogens with one attached hydrogen (secondary N) is 1. The van der Waals surface area contributed by atoms with Crippen LogP contribution in [0.3, 0.4) is 0 Å². The lowest BCUT2D eigenvalue weighted by Crippen LogP contribution is -2.39. The second-order valence-corrected chi connectivity index (χ2v) is 5.96. The van der Waals surface area contributed by atoms with Gasteiger partial charge in [-0.25, -0.2) is 0 Å². The molecule has 0 spiro atoms. The molecule has 0 aromatic rings. The van der Waals surface area contributed by atoms with E-state index >= 15 is 0 Å². The number of carbonyl (C=O) groups is 1. The summed E-state index contributed by atoms with van der Waals surface area (Å²) in [4.78, 5) is 11.9. The van der Waals surface area contributed by atoms with Crippen LogP contribution >= 0.6 is 0 Å². The molecule has 98 valence electrons. The topological polar surface area (TPSA) is 55.1 Å². The molecule has 0 aliphatic heterocycles. The predicted molar refractivity (Wildman–Crippen MR) is 69.5 cm³/mol. The van der Waals surface area contributed by atoms with E-state index in [1.165, 1.54) is 32.1 Å². The van der Waals surface area contributed by atoms with Crippen LogP contribution in [0.5, 0.6) is 0 Å². The maximum atomic E-state index is 11.9. The zero-order chi connectivity index (χ0) is 12.3. The Morgan fingerprint density at radius 2 is 1.94 bits per heavy atom. The van der Waals surface area contributed by atoms with Crippen LogP contribution in [0.15, 0.2) is 0 Å². The molecule has 2 rings (SSSR count). The number of nitrogens with two attached hydrogens (primary N) is 1. The summed E-state index contributed by atoms with van der Waals surface area (Å²) in [5.74, 6) is 1.34. The Kier molecular flexibility index (Phi) is 4.43. The molecule has 2 aliphatic rings. The summed E-state index contributed by atoms with van der Waals surface area (Å²) in [6, 6.07) is 0.602. The van der Waals surface area contributed by atoms with Crippen molar-refractivity contribution in [1.29, 1.82) is 0 Å². The van der Waals surface area contributed by atoms with E-state index in [-0.39, 0.29) is 11.9 Å². The van der Waals surface area contributed by atoms with Crippen molar-refractivity contribution < 1.29 is 4.79 Å². The molecule has 2 aliphatic carbocycles. The van der Waals surface area contributed by atoms with E-state index in [1.807, 2.05) is 0 Å². The standard InChI is InChI=1S/C14H26N2O/c1-10(11-5-2-3-6-11)16-14(17)9-12-7-4-8-13(12)15/h10-13H,2-9,15H2,1H3,(H,16,17)/t10?,12-,13+/m0/s1. The Morgan fingerprint density at radius 3 is 2.53 bits per heavy atom. The van der Waals surface area contributed by atoms with Gasteiger partial charge in [0.2, 0.25) is 5.91 Å². The molecule has 0 bridgehead atoms. The fraction of sp³-hybridized carbons (Fsp3) is 0.929. The molecular weight excluding hydrogens is 212 g/mol. The zero-order valence-corrected chi connectivity index (χ0v) is 11.0. The first-order valence-corrected chi connectivity index (χ1v) is 7.21. The highest BCUT2D eigenvalue weighted by atomic mass is 16.1. The maximum Gasteiger partial charge on any atom is 0.220 e. The lowest BCUT2D eigenvalue weighted by atomic mass is 9.97. The van der Waals surface area contributed by atoms with E-state index in [9.17, 15) is 4.79 Å². The fourth-order valence-electron chi connectivity index (χ4n) is 3.45. The van der Waals surface area contributed by atoms with E-state index in [0.29, 0.717) is 24.3 Å². The van der Waals surface area contributed by atoms with Gasteiger partial charge in [0.1, 0.15) is 0 Å². The van der Waals surface area contributed by atoms with E-state index in [4.69, 9.17) is 5.73 Å². The second kappa shape index (κ2) is 5.85. The Hall–Kier alpha value is -0.570. The van der Waals surface area contributed by atoms with Crippen molar-refractivity contribution in [2.24, 2.45) is 17.6 Å². The Balaban J connectivity index is 1.72. The van der Waals surface area contributed by atoms with Crippen LogP contribution in [0.2, 0.25) is 0 Å². The van der Waals surface area contributed by atoms with Gasteiger partial charge in [-0.2, -0.15) is 0 Å². The minimum Gasteiger partial charge on any atom is -0.353 e. The van der Waals surface area contributed by atoms with Crippen LogP contribution in [0.4, 0.5) is 0 Å². The fourth-order valence-corrected chi connectivity index (χ4v) is 3.45. The first kappa shape index (κ1) is 12.9. The largest absolute Gasteiger partial charge is 0.353 e. The molecule has 3 atom stereocenters. The lowest BCUT2D eigenvalue weighted by molar-refractivity contribution is -0.123. The average Bonchev–Trinajstić information content (AvgIpc) is 2.90. The highest BCUT2D eigenvalue weighted by molar-refractivity contribution is 5.76. The van der Waals surface area contributed by atoms with Crippen molar-refractivity contribution in [3.8, 4) is 0 Å². The smallest absolute Gasteiger partial charge is 0.220 e. The summed E-state index contributed by atoms with van der Waals surface area (Å²) in [5, 5.41) is 3.17. The number of rotatable bonds is 4. The minimum atomic E-state index is 0.215. The first-order valence-electron chi connectivity index (χ1n) is 7.21. The molecule has 0 saturated heterocycles. The highest BCUT2D eigenvalue weighted by Gasteiger charge is 2.28. The van der Waals surface area contributed by atoms with Crippen LogP contribution in [0, 0.1) is 11.8 Å². The number of hydrogen-bond donors (Lipinski definition) is 2. The van der Waals surface area contributed by atoms with Crippen LogP contribution in [0.25, 0.3) is 0 Å². The second-order valence-electron chi connectivity index (χ2n) is 5.96. The van der Waals surface area contributed by atoms with Gasteiger partial charge < -0.3 is 11.1 Å². The van der Waals surface area contributed by atoms with Gasteiger partial charge in [0.25, 0.3) is 0 Å². The van der Waals surface area contributed by atoms with Crippen molar-refractivity contribution >= 4 is 5.91 Å². The summed E-state index contributed by atoms with van der Waals surface area (Å²) in [6.07, 6.45) is 9.28. The minimum absolute atomic E-state index is 0.215. The summed E-state index contributed by atoms with van der Waals surface area (Å²) >= 11 is 0. The van der Waals surface area contributed by atoms with E-state index in [1.54, 1.807) is 0 Å². The zero-order valence-electron chi connectivity index (χ0n) is 11.0. The average molecular weight is 238 g/mol. The van der Waals surface area contributed by atoms with Gasteiger partial charge in [-0.1, -0.05) is 19.3 Å². The van der Waals surface area contributed by atoms with Crippen molar-refractivity contribution in [3.63, 3.8) is 0 Å². The molecule has 17 heavy (non-hydrogen) atoms. The molecule has 0 aromatic carbocycles. The van der Waals surface area contributed by atoms with E-state index in [0.717, 1.165) is 12.8 Å². The van der Waals surface area contributed by atoms with Crippen LogP contribution in [0.1, 0.15) is 58.3 Å². The van der Waals surface area contributed by atoms with Crippen molar-refractivity contribution in [2.75, 3.05) is 0 Å². The third-order valence-electron chi connectivity index (χ3n) is 4.66. The summed E-state index contributed by atoms with van der Waals surface area (Å²) in [5.41, 5.74) is 6.00. The lowest BCUT2D eigenvalue weighted by Gasteiger charge is -2.22. The SMILES string of the molecule is CC(NC(=O)C[C@@H]1CCC[C@H]1N)C1CCCC1. The van der Waals surface area contributed by atoms with Crippen molar-refractivity contribution in [3.05, 3.63) is 0 Å². The molecular formula is C14H26N2O. The summed E-state index contributed by atoms with van der Waals surface area (Å²) in [7, 11) is 0.